The van der Waals surface area contributed by atoms with E-state index in [4.69, 9.17) is 9.40 Å². The number of nitrogens with zero attached hydrogens (tertiary/aromatic N) is 4. The van der Waals surface area contributed by atoms with Crippen LogP contribution in [0, 0.1) is 6.92 Å². The van der Waals surface area contributed by atoms with Gasteiger partial charge in [0.1, 0.15) is 5.76 Å². The smallest absolute Gasteiger partial charge is 0.204 e. The highest BCUT2D eigenvalue weighted by Crippen LogP contribution is 2.24. The molecule has 4 aromatic rings. The Morgan fingerprint density at radius 3 is 2.80 bits per heavy atom. The van der Waals surface area contributed by atoms with E-state index in [2.05, 4.69) is 44.9 Å². The maximum Gasteiger partial charge on any atom is 0.204 e. The minimum absolute atomic E-state index is 0.443. The van der Waals surface area contributed by atoms with Crippen molar-refractivity contribution in [2.45, 2.75) is 38.8 Å². The van der Waals surface area contributed by atoms with Crippen molar-refractivity contribution in [1.29, 1.82) is 0 Å². The topological polar surface area (TPSA) is 59.1 Å². The normalized spacial score (nSPS) is 15.8. The van der Waals surface area contributed by atoms with Crippen LogP contribution in [0.2, 0.25) is 0 Å². The Hall–Kier alpha value is -2.64. The van der Waals surface area contributed by atoms with Crippen LogP contribution in [0.5, 0.6) is 0 Å². The lowest BCUT2D eigenvalue weighted by Gasteiger charge is -2.32. The monoisotopic (exact) mass is 421 g/mol. The van der Waals surface area contributed by atoms with Gasteiger partial charge in [-0.05, 0) is 50.5 Å². The lowest BCUT2D eigenvalue weighted by molar-refractivity contribution is 0.221. The first-order chi connectivity index (χ1) is 14.8. The summed E-state index contributed by atoms with van der Waals surface area (Å²) in [4.78, 5) is 13.2. The lowest BCUT2D eigenvalue weighted by Crippen LogP contribution is -2.40. The third-order valence-electron chi connectivity index (χ3n) is 5.97. The highest BCUT2D eigenvalue weighted by molar-refractivity contribution is 7.09. The van der Waals surface area contributed by atoms with Gasteiger partial charge in [0.15, 0.2) is 0 Å². The molecule has 0 amide bonds. The molecule has 5 rings (SSSR count). The van der Waals surface area contributed by atoms with Gasteiger partial charge in [0, 0.05) is 30.6 Å². The van der Waals surface area contributed by atoms with Crippen molar-refractivity contribution in [2.75, 3.05) is 25.0 Å². The first-order valence-corrected chi connectivity index (χ1v) is 11.5. The Morgan fingerprint density at radius 1 is 1.17 bits per heavy atom. The maximum absolute atomic E-state index is 5.59. The van der Waals surface area contributed by atoms with Crippen LogP contribution in [0.15, 0.2) is 52.6 Å². The molecule has 4 heterocycles. The fraction of sp³-hybridized carbons (Fsp3) is 0.391. The van der Waals surface area contributed by atoms with Gasteiger partial charge in [-0.2, -0.15) is 0 Å². The molecular weight excluding hydrogens is 394 g/mol. The summed E-state index contributed by atoms with van der Waals surface area (Å²) in [5, 5.41) is 3.73. The number of para-hydroxylation sites is 2. The SMILES string of the molecule is Cc1ncsc1CCN1CCC(Nc2nc3ccccc3n2Cc2ccco2)CC1. The molecule has 7 heteroatoms. The fourth-order valence-electron chi connectivity index (χ4n) is 4.21. The Kier molecular flexibility index (Phi) is 5.55. The number of aromatic nitrogens is 3. The van der Waals surface area contributed by atoms with Gasteiger partial charge in [-0.3, -0.25) is 0 Å². The van der Waals surface area contributed by atoms with Gasteiger partial charge in [-0.1, -0.05) is 12.1 Å². The zero-order chi connectivity index (χ0) is 20.3. The molecule has 1 aromatic carbocycles. The number of thiazole rings is 1. The number of imidazole rings is 1. The van der Waals surface area contributed by atoms with Crippen LogP contribution in [-0.2, 0) is 13.0 Å². The van der Waals surface area contributed by atoms with Crippen molar-refractivity contribution in [2.24, 2.45) is 0 Å². The molecular formula is C23H27N5OS. The molecule has 6 nitrogen and oxygen atoms in total. The molecule has 0 saturated carbocycles. The van der Waals surface area contributed by atoms with E-state index in [0.29, 0.717) is 12.6 Å². The molecule has 0 aliphatic carbocycles. The molecule has 0 spiro atoms. The molecule has 3 aromatic heterocycles. The quantitative estimate of drug-likeness (QED) is 0.474. The van der Waals surface area contributed by atoms with Gasteiger partial charge in [-0.25, -0.2) is 9.97 Å². The summed E-state index contributed by atoms with van der Waals surface area (Å²) in [5.41, 5.74) is 5.29. The van der Waals surface area contributed by atoms with Gasteiger partial charge in [0.25, 0.3) is 0 Å². The molecule has 1 N–H and O–H groups in total. The second-order valence-electron chi connectivity index (χ2n) is 7.96. The highest BCUT2D eigenvalue weighted by Gasteiger charge is 2.22. The summed E-state index contributed by atoms with van der Waals surface area (Å²) in [6, 6.07) is 12.7. The van der Waals surface area contributed by atoms with Crippen molar-refractivity contribution in [3.05, 3.63) is 64.5 Å². The van der Waals surface area contributed by atoms with Crippen molar-refractivity contribution in [3.63, 3.8) is 0 Å². The number of aryl methyl sites for hydroxylation is 1. The zero-order valence-corrected chi connectivity index (χ0v) is 18.1. The maximum atomic E-state index is 5.59. The summed E-state index contributed by atoms with van der Waals surface area (Å²) in [6.07, 6.45) is 5.09. The summed E-state index contributed by atoms with van der Waals surface area (Å²) < 4.78 is 7.82. The largest absolute Gasteiger partial charge is 0.467 e. The van der Waals surface area contributed by atoms with Crippen LogP contribution in [-0.4, -0.2) is 45.1 Å². The average Bonchev–Trinajstić information content (AvgIpc) is 3.50. The van der Waals surface area contributed by atoms with Gasteiger partial charge >= 0.3 is 0 Å². The Morgan fingerprint density at radius 2 is 2.03 bits per heavy atom. The second kappa shape index (κ2) is 8.62. The van der Waals surface area contributed by atoms with Crippen molar-refractivity contribution in [1.82, 2.24) is 19.4 Å². The van der Waals surface area contributed by atoms with E-state index in [1.807, 2.05) is 23.7 Å². The molecule has 156 valence electrons. The van der Waals surface area contributed by atoms with Crippen LogP contribution >= 0.6 is 11.3 Å². The van der Waals surface area contributed by atoms with Crippen molar-refractivity contribution >= 4 is 28.3 Å². The minimum Gasteiger partial charge on any atom is -0.467 e. The van der Waals surface area contributed by atoms with E-state index >= 15 is 0 Å². The van der Waals surface area contributed by atoms with Gasteiger partial charge < -0.3 is 19.2 Å². The molecule has 1 aliphatic heterocycles. The number of hydrogen-bond donors (Lipinski definition) is 1. The van der Waals surface area contributed by atoms with Crippen LogP contribution < -0.4 is 5.32 Å². The van der Waals surface area contributed by atoms with E-state index < -0.39 is 0 Å². The summed E-state index contributed by atoms with van der Waals surface area (Å²) >= 11 is 1.78. The Balaban J connectivity index is 1.23. The molecule has 1 aliphatic rings. The third-order valence-corrected chi connectivity index (χ3v) is 6.96. The number of benzene rings is 1. The summed E-state index contributed by atoms with van der Waals surface area (Å²) in [6.45, 7) is 6.15. The Bertz CT molecular complexity index is 1090. The predicted molar refractivity (Wildman–Crippen MR) is 121 cm³/mol. The first-order valence-electron chi connectivity index (χ1n) is 10.6. The lowest BCUT2D eigenvalue weighted by atomic mass is 10.0. The molecule has 0 atom stereocenters. The number of fused-ring (bicyclic) bond motifs is 1. The van der Waals surface area contributed by atoms with E-state index in [-0.39, 0.29) is 0 Å². The number of anilines is 1. The third kappa shape index (κ3) is 4.13. The predicted octanol–water partition coefficient (Wildman–Crippen LogP) is 4.56. The van der Waals surface area contributed by atoms with E-state index in [9.17, 15) is 0 Å². The molecule has 1 saturated heterocycles. The van der Waals surface area contributed by atoms with Gasteiger partial charge in [-0.15, -0.1) is 11.3 Å². The van der Waals surface area contributed by atoms with E-state index in [0.717, 1.165) is 61.6 Å². The number of piperidine rings is 1. The number of hydrogen-bond acceptors (Lipinski definition) is 6. The van der Waals surface area contributed by atoms with Gasteiger partial charge in [0.05, 0.1) is 35.0 Å². The average molecular weight is 422 g/mol. The molecule has 0 unspecified atom stereocenters. The number of rotatable bonds is 7. The van der Waals surface area contributed by atoms with Crippen molar-refractivity contribution in [3.8, 4) is 0 Å². The van der Waals surface area contributed by atoms with Gasteiger partial charge in [0.2, 0.25) is 5.95 Å². The standard InChI is InChI=1S/C23H27N5OS/c1-17-22(30-16-24-17)10-13-27-11-8-18(9-12-27)25-23-26-20-6-2-3-7-21(20)28(23)15-19-5-4-14-29-19/h2-7,14,16,18H,8-13,15H2,1H3,(H,25,26). The highest BCUT2D eigenvalue weighted by atomic mass is 32.1. The molecule has 0 bridgehead atoms. The number of likely N-dealkylation sites (tertiary alicyclic amines) is 1. The molecule has 0 radical (unpaired) electrons. The van der Waals surface area contributed by atoms with Crippen LogP contribution in [0.1, 0.15) is 29.2 Å². The van der Waals surface area contributed by atoms with Crippen LogP contribution in [0.3, 0.4) is 0 Å². The molecule has 30 heavy (non-hydrogen) atoms. The number of nitrogens with one attached hydrogen (secondary N) is 1. The minimum atomic E-state index is 0.443. The van der Waals surface area contributed by atoms with E-state index in [1.54, 1.807) is 17.6 Å². The number of furan rings is 1. The van der Waals surface area contributed by atoms with Crippen LogP contribution in [0.4, 0.5) is 5.95 Å². The summed E-state index contributed by atoms with van der Waals surface area (Å²) in [7, 11) is 0. The second-order valence-corrected chi connectivity index (χ2v) is 8.90. The first kappa shape index (κ1) is 19.3. The summed E-state index contributed by atoms with van der Waals surface area (Å²) in [5.74, 6) is 1.88. The zero-order valence-electron chi connectivity index (χ0n) is 17.3. The van der Waals surface area contributed by atoms with E-state index in [1.165, 1.54) is 10.6 Å². The Labute approximate surface area is 180 Å². The van der Waals surface area contributed by atoms with Crippen LogP contribution in [0.25, 0.3) is 11.0 Å². The van der Waals surface area contributed by atoms with Crippen molar-refractivity contribution < 1.29 is 4.42 Å². The molecule has 1 fully saturated rings. The fourth-order valence-corrected chi connectivity index (χ4v) is 4.98.